The topological polar surface area (TPSA) is 49.1 Å². The second kappa shape index (κ2) is 34.3. The van der Waals surface area contributed by atoms with Crippen molar-refractivity contribution >= 4 is 243 Å². The largest absolute Gasteiger partial charge is 0.455 e. The molecule has 7 heterocycles. The first-order valence-electron chi connectivity index (χ1n) is 46.0. The van der Waals surface area contributed by atoms with Crippen LogP contribution in [0.4, 0.5) is 60.0 Å². The Kier molecular flexibility index (Phi) is 20.3. The molecule has 0 radical (unpaired) electrons. The number of furan rings is 3. The molecule has 652 valence electrons. The van der Waals surface area contributed by atoms with E-state index in [1.54, 1.807) is 40.9 Å². The van der Waals surface area contributed by atoms with Gasteiger partial charge in [-0.2, -0.15) is 0 Å². The summed E-state index contributed by atoms with van der Waals surface area (Å²) in [4.78, 5) is 6.90. The van der Waals surface area contributed by atoms with Gasteiger partial charge in [-0.15, -0.1) is 45.3 Å². The second-order valence-corrected chi connectivity index (χ2v) is 38.8. The summed E-state index contributed by atoms with van der Waals surface area (Å²) in [6.45, 7) is 0. The lowest BCUT2D eigenvalue weighted by Gasteiger charge is -2.28. The SMILES string of the molecule is Fc1ccc2sc3c(cc(N(c4ccc(-c5ccccc5)cc4)c4cccc5sc6ccccc6c45)c4oc5ccc(F)cc5c43)c2c1.c1ccc(-c2c(N(c3ccccc3)c3ccccc3)c3oc4ccccc4c3c3sc4ccccc4c23)cc1.c1ccc(N(c2ccccc2)c2ccc(-c3ccc(-c4cccc(-c5cc6c7ccccc7sc6c6c5oc5ccccc56)c4)cc3)cc2)cc1. The number of hydrogen-bond donors (Lipinski definition) is 0. The van der Waals surface area contributed by atoms with E-state index in [1.165, 1.54) is 117 Å². The zero-order chi connectivity index (χ0) is 91.4. The predicted octanol–water partition coefficient (Wildman–Crippen LogP) is 39.3. The summed E-state index contributed by atoms with van der Waals surface area (Å²) < 4.78 is 59.2. The molecule has 12 heteroatoms. The summed E-state index contributed by atoms with van der Waals surface area (Å²) in [5.41, 5.74) is 25.9. The highest BCUT2D eigenvalue weighted by atomic mass is 32.1. The van der Waals surface area contributed by atoms with Gasteiger partial charge < -0.3 is 28.0 Å². The Balaban J connectivity index is 0.000000108. The molecule has 0 aliphatic heterocycles. The highest BCUT2D eigenvalue weighted by molar-refractivity contribution is 7.28. The van der Waals surface area contributed by atoms with Gasteiger partial charge in [-0.1, -0.05) is 297 Å². The number of thiophene rings is 4. The first-order chi connectivity index (χ1) is 68.3. The van der Waals surface area contributed by atoms with Crippen LogP contribution < -0.4 is 14.7 Å². The van der Waals surface area contributed by atoms with Crippen molar-refractivity contribution in [3.63, 3.8) is 0 Å². The average molecular weight is 1850 g/mol. The third-order valence-corrected chi connectivity index (χ3v) is 31.2. The first kappa shape index (κ1) is 81.9. The fraction of sp³-hybridized carbons (Fsp3) is 0. The van der Waals surface area contributed by atoms with Gasteiger partial charge in [0.2, 0.25) is 0 Å². The average Bonchev–Trinajstić information content (AvgIpc) is 1.54. The maximum absolute atomic E-state index is 14.9. The van der Waals surface area contributed by atoms with Crippen LogP contribution in [0.3, 0.4) is 0 Å². The summed E-state index contributed by atoms with van der Waals surface area (Å²) >= 11 is 7.05. The van der Waals surface area contributed by atoms with Crippen LogP contribution in [0, 0.1) is 11.6 Å². The molecule has 28 rings (SSSR count). The Bertz CT molecular complexity index is 9470. The van der Waals surface area contributed by atoms with Gasteiger partial charge in [-0.3, -0.25) is 0 Å². The molecule has 138 heavy (non-hydrogen) atoms. The van der Waals surface area contributed by atoms with E-state index in [9.17, 15) is 8.78 Å². The van der Waals surface area contributed by atoms with Crippen LogP contribution in [0.25, 0.3) is 202 Å². The second-order valence-electron chi connectivity index (χ2n) is 34.6. The van der Waals surface area contributed by atoms with E-state index in [2.05, 4.69) is 427 Å². The Labute approximate surface area is 807 Å². The van der Waals surface area contributed by atoms with E-state index in [1.807, 2.05) is 46.9 Å². The van der Waals surface area contributed by atoms with Crippen LogP contribution in [0.2, 0.25) is 0 Å². The first-order valence-corrected chi connectivity index (χ1v) is 49.3. The smallest absolute Gasteiger partial charge is 0.161 e. The van der Waals surface area contributed by atoms with E-state index in [0.717, 1.165) is 132 Å². The molecule has 6 nitrogen and oxygen atoms in total. The highest BCUT2D eigenvalue weighted by Crippen LogP contribution is 2.58. The minimum Gasteiger partial charge on any atom is -0.455 e. The lowest BCUT2D eigenvalue weighted by Crippen LogP contribution is -2.11. The monoisotopic (exact) mass is 1850 g/mol. The molecule has 0 saturated carbocycles. The number of nitrogens with zero attached hydrogens (tertiary/aromatic N) is 3. The molecule has 0 spiro atoms. The minimum absolute atomic E-state index is 0.296. The molecule has 21 aromatic carbocycles. The summed E-state index contributed by atoms with van der Waals surface area (Å²) in [6, 6.07) is 162. The zero-order valence-corrected chi connectivity index (χ0v) is 77.2. The molecule has 0 fully saturated rings. The maximum atomic E-state index is 14.9. The van der Waals surface area contributed by atoms with Gasteiger partial charge in [0.25, 0.3) is 0 Å². The minimum atomic E-state index is -0.334. The molecule has 0 aliphatic rings. The van der Waals surface area contributed by atoms with Crippen LogP contribution in [0.1, 0.15) is 0 Å². The van der Waals surface area contributed by atoms with Crippen molar-refractivity contribution in [2.75, 3.05) is 14.7 Å². The van der Waals surface area contributed by atoms with Gasteiger partial charge in [-0.25, -0.2) is 8.78 Å². The van der Waals surface area contributed by atoms with Gasteiger partial charge >= 0.3 is 0 Å². The van der Waals surface area contributed by atoms with Crippen molar-refractivity contribution in [3.05, 3.63) is 479 Å². The molecule has 0 amide bonds. The molecular formula is C126H77F2N3O3S4. The molecule has 0 atom stereocenters. The van der Waals surface area contributed by atoms with Crippen LogP contribution >= 0.6 is 45.3 Å². The fourth-order valence-corrected chi connectivity index (χ4v) is 25.1. The molecule has 0 N–H and O–H groups in total. The Hall–Kier alpha value is -16.8. The number of halogens is 2. The van der Waals surface area contributed by atoms with E-state index in [0.29, 0.717) is 16.6 Å². The summed E-state index contributed by atoms with van der Waals surface area (Å²) in [5, 5.41) is 15.4. The van der Waals surface area contributed by atoms with Crippen molar-refractivity contribution in [1.29, 1.82) is 0 Å². The van der Waals surface area contributed by atoms with Crippen LogP contribution in [0.15, 0.2) is 480 Å². The maximum Gasteiger partial charge on any atom is 0.161 e. The van der Waals surface area contributed by atoms with Crippen LogP contribution in [-0.2, 0) is 0 Å². The molecular weight excluding hydrogens is 1770 g/mol. The molecule has 0 aliphatic carbocycles. The lowest BCUT2D eigenvalue weighted by atomic mass is 9.94. The molecule has 0 unspecified atom stereocenters. The van der Waals surface area contributed by atoms with E-state index >= 15 is 0 Å². The quantitative estimate of drug-likeness (QED) is 0.108. The van der Waals surface area contributed by atoms with Crippen molar-refractivity contribution in [1.82, 2.24) is 0 Å². The molecule has 7 aromatic heterocycles. The number of hydrogen-bond acceptors (Lipinski definition) is 10. The number of para-hydroxylation sites is 6. The summed E-state index contributed by atoms with van der Waals surface area (Å²) in [7, 11) is 0. The van der Waals surface area contributed by atoms with E-state index in [-0.39, 0.29) is 11.6 Å². The third-order valence-electron chi connectivity index (χ3n) is 26.5. The van der Waals surface area contributed by atoms with E-state index in [4.69, 9.17) is 13.3 Å². The number of anilines is 9. The number of fused-ring (bicyclic) bond motifs is 24. The standard InChI is InChI=1S/C48H31NOS.C42H23F2NOS2.C36H23NOS/c1-3-14-37(15-4-1)49(38-16-5-2-6-17-38)39-28-26-33(27-29-39)32-22-24-34(25-23-32)35-12-11-13-36(30-35)42-31-43-40-18-8-10-21-45(40)51-48(43)46-41-19-7-9-20-44(41)50-47(42)46;43-26-15-19-35-32(22-26)40-41(46-35)34(23-31-30-21-27(44)16-20-37(30)48-42(31)40)45(28-17-13-25(14-18-28)24-7-2-1-3-8-24)33-10-6-12-38-39(33)29-9-4-5-11-36(29)47-38;1-4-14-24(15-5-1)31-32-28-21-11-13-23-30(28)39-36(32)33-27-20-10-12-22-29(27)38-35(33)34(31)37(25-16-6-2-7-17-25)26-18-8-3-9-19-26/h1-31H;1-23H;1-23H. The fourth-order valence-electron chi connectivity index (χ4n) is 20.3. The number of benzene rings is 21. The number of rotatable bonds is 14. The Morgan fingerprint density at radius 3 is 1.16 bits per heavy atom. The zero-order valence-electron chi connectivity index (χ0n) is 73.9. The van der Waals surface area contributed by atoms with Gasteiger partial charge in [0.15, 0.2) is 11.2 Å². The van der Waals surface area contributed by atoms with Crippen molar-refractivity contribution in [3.8, 4) is 55.6 Å². The predicted molar refractivity (Wildman–Crippen MR) is 584 cm³/mol. The lowest BCUT2D eigenvalue weighted by molar-refractivity contribution is 0.626. The Morgan fingerprint density at radius 2 is 0.565 bits per heavy atom. The van der Waals surface area contributed by atoms with Gasteiger partial charge in [0, 0.05) is 158 Å². The van der Waals surface area contributed by atoms with Crippen LogP contribution in [0.5, 0.6) is 0 Å². The van der Waals surface area contributed by atoms with Gasteiger partial charge in [-0.05, 0) is 214 Å². The highest BCUT2D eigenvalue weighted by Gasteiger charge is 2.32. The van der Waals surface area contributed by atoms with Crippen molar-refractivity contribution < 1.29 is 22.0 Å². The molecule has 28 aromatic rings. The van der Waals surface area contributed by atoms with E-state index < -0.39 is 0 Å². The van der Waals surface area contributed by atoms with Crippen LogP contribution in [-0.4, -0.2) is 0 Å². The van der Waals surface area contributed by atoms with Gasteiger partial charge in [0.1, 0.15) is 34.0 Å². The van der Waals surface area contributed by atoms with Gasteiger partial charge in [0.05, 0.1) is 17.1 Å². The Morgan fingerprint density at radius 1 is 0.188 bits per heavy atom. The van der Waals surface area contributed by atoms with Crippen molar-refractivity contribution in [2.45, 2.75) is 0 Å². The molecule has 0 saturated heterocycles. The third kappa shape index (κ3) is 14.2. The normalized spacial score (nSPS) is 11.7. The summed E-state index contributed by atoms with van der Waals surface area (Å²) in [6.07, 6.45) is 0. The van der Waals surface area contributed by atoms with Crippen molar-refractivity contribution in [2.24, 2.45) is 0 Å². The molecule has 0 bridgehead atoms. The summed E-state index contributed by atoms with van der Waals surface area (Å²) in [5.74, 6) is -0.631.